The minimum absolute atomic E-state index is 0.0579. The van der Waals surface area contributed by atoms with Crippen LogP contribution < -0.4 is 4.74 Å². The molecule has 1 aliphatic rings. The van der Waals surface area contributed by atoms with E-state index in [1.165, 1.54) is 5.01 Å². The van der Waals surface area contributed by atoms with Gasteiger partial charge in [0.05, 0.1) is 34.8 Å². The average molecular weight is 457 g/mol. The summed E-state index contributed by atoms with van der Waals surface area (Å²) in [7, 11) is 1.55. The van der Waals surface area contributed by atoms with Gasteiger partial charge in [-0.25, -0.2) is 0 Å². The van der Waals surface area contributed by atoms with Gasteiger partial charge in [-0.05, 0) is 64.7 Å². The van der Waals surface area contributed by atoms with Crippen molar-refractivity contribution >= 4 is 0 Å². The fourth-order valence-electron chi connectivity index (χ4n) is 2.86. The first-order valence-corrected chi connectivity index (χ1v) is 9.61. The number of rotatable bonds is 5. The van der Waals surface area contributed by atoms with Gasteiger partial charge in [-0.1, -0.05) is 0 Å². The zero-order chi connectivity index (χ0) is 23.6. The maximum atomic E-state index is 13.0. The van der Waals surface area contributed by atoms with E-state index in [2.05, 4.69) is 5.28 Å². The quantitative estimate of drug-likeness (QED) is 0.237. The normalized spacial score (nSPS) is 21.0. The Morgan fingerprint density at radius 2 is 1.35 bits per heavy atom. The van der Waals surface area contributed by atoms with Crippen LogP contribution in [0.3, 0.4) is 0 Å². The van der Waals surface area contributed by atoms with Crippen LogP contribution in [0, 0.1) is 5.21 Å². The summed E-state index contributed by atoms with van der Waals surface area (Å²) in [6.07, 6.45) is -9.44. The second-order valence-corrected chi connectivity index (χ2v) is 8.39. The maximum absolute atomic E-state index is 13.0. The molecule has 12 heteroatoms. The Balaban J connectivity index is 2.00. The molecule has 0 saturated heterocycles. The smallest absolute Gasteiger partial charge is 0.416 e. The van der Waals surface area contributed by atoms with Crippen LogP contribution in [0.2, 0.25) is 0 Å². The number of alkyl halides is 6. The van der Waals surface area contributed by atoms with Crippen molar-refractivity contribution in [2.75, 3.05) is 7.05 Å². The Morgan fingerprint density at radius 3 is 1.77 bits per heavy atom. The summed E-state index contributed by atoms with van der Waals surface area (Å²) in [6, 6.07) is 1.18. The molecule has 1 aromatic carbocycles. The first-order chi connectivity index (χ1) is 14.1. The van der Waals surface area contributed by atoms with E-state index in [1.54, 1.807) is 7.05 Å². The highest BCUT2D eigenvalue weighted by atomic mass is 19.4. The van der Waals surface area contributed by atoms with E-state index < -0.39 is 47.0 Å². The zero-order valence-electron chi connectivity index (χ0n) is 17.5. The second kappa shape index (κ2) is 8.99. The lowest BCUT2D eigenvalue weighted by Gasteiger charge is -2.29. The molecule has 0 amide bonds. The number of hydrazine groups is 1. The van der Waals surface area contributed by atoms with Crippen molar-refractivity contribution in [2.24, 2.45) is 5.28 Å². The lowest BCUT2D eigenvalue weighted by Crippen LogP contribution is -2.42. The Labute approximate surface area is 175 Å². The van der Waals surface area contributed by atoms with Crippen LogP contribution in [-0.2, 0) is 17.2 Å². The van der Waals surface area contributed by atoms with Gasteiger partial charge in [-0.2, -0.15) is 26.3 Å². The van der Waals surface area contributed by atoms with Gasteiger partial charge in [0.25, 0.3) is 0 Å². The van der Waals surface area contributed by atoms with Gasteiger partial charge in [-0.15, -0.1) is 5.01 Å². The molecule has 0 radical (unpaired) electrons. The van der Waals surface area contributed by atoms with Gasteiger partial charge >= 0.3 is 12.4 Å². The van der Waals surface area contributed by atoms with Crippen LogP contribution in [0.5, 0.6) is 5.75 Å². The summed E-state index contributed by atoms with van der Waals surface area (Å²) >= 11 is 0. The van der Waals surface area contributed by atoms with Gasteiger partial charge in [0.2, 0.25) is 5.28 Å². The molecular weight excluding hydrogens is 432 g/mol. The van der Waals surface area contributed by atoms with E-state index in [-0.39, 0.29) is 6.07 Å². The van der Waals surface area contributed by atoms with Gasteiger partial charge < -0.3 is 14.8 Å². The highest BCUT2D eigenvalue weighted by Crippen LogP contribution is 2.39. The van der Waals surface area contributed by atoms with Crippen LogP contribution >= 0.6 is 0 Å². The molecule has 1 aliphatic carbocycles. The molecule has 0 atom stereocenters. The van der Waals surface area contributed by atoms with Crippen LogP contribution in [0.15, 0.2) is 23.5 Å². The monoisotopic (exact) mass is 457 g/mol. The third-order valence-electron chi connectivity index (χ3n) is 4.98. The first-order valence-electron chi connectivity index (χ1n) is 9.61. The summed E-state index contributed by atoms with van der Waals surface area (Å²) in [5.41, 5.74) is -3.32. The van der Waals surface area contributed by atoms with E-state index >= 15 is 0 Å². The van der Waals surface area contributed by atoms with E-state index in [1.807, 2.05) is 20.8 Å². The highest BCUT2D eigenvalue weighted by Gasteiger charge is 2.37. The molecule has 1 aromatic rings. The van der Waals surface area contributed by atoms with Gasteiger partial charge in [0.1, 0.15) is 11.9 Å². The SMILES string of the molecule is CN(/[N+]([O-])=N/OC1CCC(Oc2cc(C(F)(F)F)cc(C(F)(F)F)c2)CC1)C(C)(C)C. The molecule has 31 heavy (non-hydrogen) atoms. The molecular formula is C19H25F6N3O3. The lowest BCUT2D eigenvalue weighted by atomic mass is 9.95. The predicted molar refractivity (Wildman–Crippen MR) is 97.8 cm³/mol. The molecule has 2 rings (SSSR count). The number of ether oxygens (including phenoxy) is 1. The summed E-state index contributed by atoms with van der Waals surface area (Å²) in [6.45, 7) is 5.44. The molecule has 1 fully saturated rings. The molecule has 1 saturated carbocycles. The van der Waals surface area contributed by atoms with Crippen molar-refractivity contribution in [1.29, 1.82) is 0 Å². The third-order valence-corrected chi connectivity index (χ3v) is 4.98. The summed E-state index contributed by atoms with van der Waals surface area (Å²) in [5.74, 6) is -0.492. The highest BCUT2D eigenvalue weighted by molar-refractivity contribution is 5.37. The number of halogens is 6. The number of nitrogens with zero attached hydrogens (tertiary/aromatic N) is 3. The Kier molecular flexibility index (Phi) is 7.21. The average Bonchev–Trinajstić information content (AvgIpc) is 2.64. The summed E-state index contributed by atoms with van der Waals surface area (Å²) < 4.78 is 83.2. The van der Waals surface area contributed by atoms with Crippen molar-refractivity contribution in [2.45, 2.75) is 76.6 Å². The lowest BCUT2D eigenvalue weighted by molar-refractivity contribution is -0.720. The van der Waals surface area contributed by atoms with Gasteiger partial charge in [0, 0.05) is 0 Å². The van der Waals surface area contributed by atoms with Crippen LogP contribution in [-0.4, -0.2) is 34.8 Å². The standard InChI is InChI=1S/C19H25F6N3O3/c1-17(2,3)27(4)28(29)26-31-15-7-5-14(6-8-15)30-16-10-12(18(20,21)22)9-13(11-16)19(23,24)25/h9-11,14-15H,5-8H2,1-4H3/b28-26-. The molecule has 176 valence electrons. The molecule has 6 nitrogen and oxygen atoms in total. The minimum Gasteiger partial charge on any atom is -0.569 e. The van der Waals surface area contributed by atoms with Gasteiger partial charge in [-0.3, -0.25) is 0 Å². The molecule has 0 unspecified atom stereocenters. The molecule has 0 heterocycles. The van der Waals surface area contributed by atoms with E-state index in [9.17, 15) is 31.5 Å². The largest absolute Gasteiger partial charge is 0.569 e. The van der Waals surface area contributed by atoms with Crippen LogP contribution in [0.4, 0.5) is 26.3 Å². The van der Waals surface area contributed by atoms with Gasteiger partial charge in [0.15, 0.2) is 0 Å². The molecule has 0 spiro atoms. The molecule has 0 aromatic heterocycles. The second-order valence-electron chi connectivity index (χ2n) is 8.39. The third kappa shape index (κ3) is 7.06. The van der Waals surface area contributed by atoms with Crippen molar-refractivity contribution in [3.05, 3.63) is 34.5 Å². The summed E-state index contributed by atoms with van der Waals surface area (Å²) in [4.78, 5) is 5.55. The Bertz CT molecular complexity index is 749. The van der Waals surface area contributed by atoms with E-state index in [4.69, 9.17) is 9.57 Å². The predicted octanol–water partition coefficient (Wildman–Crippen LogP) is 5.95. The number of hydrogen-bond acceptors (Lipinski definition) is 4. The number of benzene rings is 1. The van der Waals surface area contributed by atoms with Crippen molar-refractivity contribution < 1.29 is 40.9 Å². The molecule has 0 bridgehead atoms. The fourth-order valence-corrected chi connectivity index (χ4v) is 2.86. The molecule has 0 N–H and O–H groups in total. The number of hydrogen-bond donors (Lipinski definition) is 0. The fraction of sp³-hybridized carbons (Fsp3) is 0.684. The first kappa shape index (κ1) is 24.9. The van der Waals surface area contributed by atoms with Crippen molar-refractivity contribution in [3.8, 4) is 5.75 Å². The van der Waals surface area contributed by atoms with Crippen molar-refractivity contribution in [3.63, 3.8) is 0 Å². The molecule has 0 aliphatic heterocycles. The maximum Gasteiger partial charge on any atom is 0.416 e. The van der Waals surface area contributed by atoms with Crippen LogP contribution in [0.25, 0.3) is 0 Å². The summed E-state index contributed by atoms with van der Waals surface area (Å²) in [5, 5.41) is 16.7. The minimum atomic E-state index is -4.93. The Morgan fingerprint density at radius 1 is 0.903 bits per heavy atom. The van der Waals surface area contributed by atoms with Crippen molar-refractivity contribution in [1.82, 2.24) is 5.01 Å². The topological polar surface area (TPSA) is 60.1 Å². The van der Waals surface area contributed by atoms with E-state index in [0.717, 1.165) is 0 Å². The zero-order valence-corrected chi connectivity index (χ0v) is 17.5. The Hall–Kier alpha value is -2.40. The van der Waals surface area contributed by atoms with E-state index in [0.29, 0.717) is 42.8 Å². The van der Waals surface area contributed by atoms with Crippen LogP contribution in [0.1, 0.15) is 57.6 Å².